The predicted molar refractivity (Wildman–Crippen MR) is 87.6 cm³/mol. The summed E-state index contributed by atoms with van der Waals surface area (Å²) in [7, 11) is -3.23. The average molecular weight is 371 g/mol. The molecule has 8 heteroatoms. The number of sulfone groups is 1. The molecule has 1 N–H and O–H groups in total. The molecule has 25 heavy (non-hydrogen) atoms. The lowest BCUT2D eigenvalue weighted by Crippen LogP contribution is -2.23. The lowest BCUT2D eigenvalue weighted by molar-refractivity contribution is -0.137. The first-order valence-corrected chi connectivity index (χ1v) is 9.32. The maximum absolute atomic E-state index is 12.7. The van der Waals surface area contributed by atoms with Crippen LogP contribution in [-0.4, -0.2) is 20.6 Å². The molecule has 0 aliphatic rings. The van der Waals surface area contributed by atoms with Crippen LogP contribution >= 0.6 is 0 Å². The molecule has 0 unspecified atom stereocenters. The Morgan fingerprint density at radius 3 is 2.32 bits per heavy atom. The van der Waals surface area contributed by atoms with Crippen LogP contribution in [0.3, 0.4) is 0 Å². The van der Waals surface area contributed by atoms with Crippen molar-refractivity contribution in [2.45, 2.75) is 18.5 Å². The fourth-order valence-electron chi connectivity index (χ4n) is 2.25. The summed E-state index contributed by atoms with van der Waals surface area (Å²) < 4.78 is 60.7. The third kappa shape index (κ3) is 5.90. The monoisotopic (exact) mass is 371 g/mol. The zero-order chi connectivity index (χ0) is 18.7. The fraction of sp³-hybridized carbons (Fsp3) is 0.235. The van der Waals surface area contributed by atoms with Crippen molar-refractivity contribution in [1.29, 1.82) is 0 Å². The van der Waals surface area contributed by atoms with Gasteiger partial charge in [0, 0.05) is 18.4 Å². The molecule has 0 saturated carbocycles. The van der Waals surface area contributed by atoms with Crippen molar-refractivity contribution in [2.24, 2.45) is 0 Å². The molecule has 0 spiro atoms. The quantitative estimate of drug-likeness (QED) is 0.878. The Hall–Kier alpha value is -2.35. The second kappa shape index (κ2) is 7.26. The Morgan fingerprint density at radius 2 is 1.68 bits per heavy atom. The van der Waals surface area contributed by atoms with E-state index in [-0.39, 0.29) is 17.9 Å². The van der Waals surface area contributed by atoms with Crippen LogP contribution in [0.1, 0.15) is 27.0 Å². The van der Waals surface area contributed by atoms with E-state index in [0.29, 0.717) is 11.1 Å². The van der Waals surface area contributed by atoms with Gasteiger partial charge in [-0.1, -0.05) is 24.3 Å². The Bertz CT molecular complexity index is 877. The van der Waals surface area contributed by atoms with E-state index >= 15 is 0 Å². The summed E-state index contributed by atoms with van der Waals surface area (Å²) >= 11 is 0. The van der Waals surface area contributed by atoms with E-state index in [1.54, 1.807) is 12.1 Å². The SMILES string of the molecule is CS(=O)(=O)Cc1cccc(C(=O)NCc2cccc(C(F)(F)F)c2)c1. The maximum Gasteiger partial charge on any atom is 0.416 e. The van der Waals surface area contributed by atoms with Gasteiger partial charge in [0.2, 0.25) is 0 Å². The number of hydrogen-bond donors (Lipinski definition) is 1. The van der Waals surface area contributed by atoms with Crippen LogP contribution in [0.4, 0.5) is 13.2 Å². The molecule has 2 aromatic carbocycles. The summed E-state index contributed by atoms with van der Waals surface area (Å²) in [5, 5.41) is 2.53. The van der Waals surface area contributed by atoms with Crippen molar-refractivity contribution < 1.29 is 26.4 Å². The molecule has 2 rings (SSSR count). The maximum atomic E-state index is 12.7. The molecule has 0 saturated heterocycles. The number of halogens is 3. The highest BCUT2D eigenvalue weighted by Gasteiger charge is 2.30. The van der Waals surface area contributed by atoms with Gasteiger partial charge in [0.25, 0.3) is 5.91 Å². The smallest absolute Gasteiger partial charge is 0.348 e. The van der Waals surface area contributed by atoms with Crippen molar-refractivity contribution in [3.63, 3.8) is 0 Å². The number of rotatable bonds is 5. The summed E-state index contributed by atoms with van der Waals surface area (Å²) in [6.45, 7) is -0.0704. The number of hydrogen-bond acceptors (Lipinski definition) is 3. The summed E-state index contributed by atoms with van der Waals surface area (Å²) in [5.74, 6) is -0.686. The Morgan fingerprint density at radius 1 is 1.04 bits per heavy atom. The Balaban J connectivity index is 2.07. The van der Waals surface area contributed by atoms with Gasteiger partial charge in [-0.2, -0.15) is 13.2 Å². The van der Waals surface area contributed by atoms with Crippen LogP contribution in [0.25, 0.3) is 0 Å². The number of carbonyl (C=O) groups excluding carboxylic acids is 1. The summed E-state index contributed by atoms with van der Waals surface area (Å²) in [4.78, 5) is 12.1. The van der Waals surface area contributed by atoms with Gasteiger partial charge >= 0.3 is 6.18 Å². The Kier molecular flexibility index (Phi) is 5.52. The minimum atomic E-state index is -4.44. The van der Waals surface area contributed by atoms with E-state index < -0.39 is 27.5 Å². The largest absolute Gasteiger partial charge is 0.416 e. The normalized spacial score (nSPS) is 12.0. The number of nitrogens with one attached hydrogen (secondary N) is 1. The van der Waals surface area contributed by atoms with Gasteiger partial charge in [-0.15, -0.1) is 0 Å². The molecule has 0 aliphatic carbocycles. The second-order valence-electron chi connectivity index (χ2n) is 5.65. The lowest BCUT2D eigenvalue weighted by atomic mass is 10.1. The molecule has 0 bridgehead atoms. The molecule has 0 atom stereocenters. The van der Waals surface area contributed by atoms with Crippen LogP contribution in [0.15, 0.2) is 48.5 Å². The molecule has 0 fully saturated rings. The Labute approximate surface area is 143 Å². The molecule has 0 radical (unpaired) electrons. The van der Waals surface area contributed by atoms with Gasteiger partial charge in [0.1, 0.15) is 0 Å². The van der Waals surface area contributed by atoms with Crippen molar-refractivity contribution >= 4 is 15.7 Å². The highest BCUT2D eigenvalue weighted by atomic mass is 32.2. The van der Waals surface area contributed by atoms with Crippen molar-refractivity contribution in [3.8, 4) is 0 Å². The fourth-order valence-corrected chi connectivity index (χ4v) is 3.03. The van der Waals surface area contributed by atoms with Crippen molar-refractivity contribution in [3.05, 3.63) is 70.8 Å². The number of amides is 1. The third-order valence-corrected chi connectivity index (χ3v) is 4.18. The molecule has 1 amide bonds. The molecular formula is C17H16F3NO3S. The topological polar surface area (TPSA) is 63.2 Å². The average Bonchev–Trinajstić information content (AvgIpc) is 2.50. The third-order valence-electron chi connectivity index (χ3n) is 3.33. The van der Waals surface area contributed by atoms with Crippen LogP contribution in [0.2, 0.25) is 0 Å². The molecular weight excluding hydrogens is 355 g/mol. The van der Waals surface area contributed by atoms with Gasteiger partial charge in [0.15, 0.2) is 9.84 Å². The van der Waals surface area contributed by atoms with Crippen molar-refractivity contribution in [2.75, 3.05) is 6.26 Å². The van der Waals surface area contributed by atoms with Gasteiger partial charge in [0.05, 0.1) is 11.3 Å². The van der Waals surface area contributed by atoms with Crippen LogP contribution in [0, 0.1) is 0 Å². The minimum absolute atomic E-state index is 0.0704. The van der Waals surface area contributed by atoms with Gasteiger partial charge in [-0.3, -0.25) is 4.79 Å². The molecule has 134 valence electrons. The second-order valence-corrected chi connectivity index (χ2v) is 7.79. The van der Waals surface area contributed by atoms with Crippen LogP contribution < -0.4 is 5.32 Å². The van der Waals surface area contributed by atoms with Gasteiger partial charge < -0.3 is 5.32 Å². The highest BCUT2D eigenvalue weighted by molar-refractivity contribution is 7.89. The zero-order valence-electron chi connectivity index (χ0n) is 13.3. The first-order chi connectivity index (χ1) is 11.5. The van der Waals surface area contributed by atoms with E-state index in [2.05, 4.69) is 5.32 Å². The zero-order valence-corrected chi connectivity index (χ0v) is 14.1. The van der Waals surface area contributed by atoms with E-state index in [0.717, 1.165) is 18.4 Å². The molecule has 0 aliphatic heterocycles. The molecule has 0 aromatic heterocycles. The van der Waals surface area contributed by atoms with E-state index in [9.17, 15) is 26.4 Å². The number of carbonyl (C=O) groups is 1. The van der Waals surface area contributed by atoms with Gasteiger partial charge in [-0.25, -0.2) is 8.42 Å². The van der Waals surface area contributed by atoms with E-state index in [1.165, 1.54) is 24.3 Å². The predicted octanol–water partition coefficient (Wildman–Crippen LogP) is 3.18. The standard InChI is InChI=1S/C17H16F3NO3S/c1-25(23,24)11-13-5-2-6-14(8-13)16(22)21-10-12-4-3-7-15(9-12)17(18,19)20/h2-9H,10-11H2,1H3,(H,21,22). The number of benzene rings is 2. The summed E-state index contributed by atoms with van der Waals surface area (Å²) in [5.41, 5.74) is 0.243. The molecule has 0 heterocycles. The summed E-state index contributed by atoms with van der Waals surface area (Å²) in [6, 6.07) is 10.8. The summed E-state index contributed by atoms with van der Waals surface area (Å²) in [6.07, 6.45) is -3.35. The first kappa shape index (κ1) is 19.0. The van der Waals surface area contributed by atoms with E-state index in [1.807, 2.05) is 0 Å². The lowest BCUT2D eigenvalue weighted by Gasteiger charge is -2.10. The number of alkyl halides is 3. The van der Waals surface area contributed by atoms with E-state index in [4.69, 9.17) is 0 Å². The van der Waals surface area contributed by atoms with Gasteiger partial charge in [-0.05, 0) is 35.4 Å². The van der Waals surface area contributed by atoms with Crippen LogP contribution in [0.5, 0.6) is 0 Å². The van der Waals surface area contributed by atoms with Crippen LogP contribution in [-0.2, 0) is 28.3 Å². The molecule has 2 aromatic rings. The minimum Gasteiger partial charge on any atom is -0.348 e. The first-order valence-electron chi connectivity index (χ1n) is 7.25. The van der Waals surface area contributed by atoms with Crippen molar-refractivity contribution in [1.82, 2.24) is 5.32 Å². The molecule has 4 nitrogen and oxygen atoms in total. The highest BCUT2D eigenvalue weighted by Crippen LogP contribution is 2.29.